The van der Waals surface area contributed by atoms with Gasteiger partial charge in [0.15, 0.2) is 0 Å². The molecule has 0 unspecified atom stereocenters. The normalized spacial score (nSPS) is 14.5. The van der Waals surface area contributed by atoms with Crippen LogP contribution in [0.4, 0.5) is 5.69 Å². The topological polar surface area (TPSA) is 91.6 Å². The first-order chi connectivity index (χ1) is 15.6. The van der Waals surface area contributed by atoms with Crippen molar-refractivity contribution in [3.05, 3.63) is 53.2 Å². The molecule has 1 saturated heterocycles. The van der Waals surface area contributed by atoms with Gasteiger partial charge in [-0.3, -0.25) is 14.5 Å². The molecule has 168 valence electrons. The zero-order chi connectivity index (χ0) is 22.3. The van der Waals surface area contributed by atoms with Gasteiger partial charge in [0.25, 0.3) is 0 Å². The van der Waals surface area contributed by atoms with Gasteiger partial charge in [-0.05, 0) is 29.5 Å². The number of carbonyl (C=O) groups excluding carboxylic acids is 2. The quantitative estimate of drug-likeness (QED) is 0.564. The van der Waals surface area contributed by atoms with Crippen molar-refractivity contribution in [1.29, 1.82) is 0 Å². The molecule has 3 heterocycles. The summed E-state index contributed by atoms with van der Waals surface area (Å²) < 4.78 is 5.27. The predicted octanol–water partition coefficient (Wildman–Crippen LogP) is 3.08. The number of hydrogen-bond donors (Lipinski definition) is 1. The summed E-state index contributed by atoms with van der Waals surface area (Å²) in [6.45, 7) is 4.98. The average Bonchev–Trinajstić information content (AvgIpc) is 3.50. The molecule has 2 aromatic heterocycles. The number of benzene rings is 1. The fourth-order valence-corrected chi connectivity index (χ4v) is 4.38. The van der Waals surface area contributed by atoms with Gasteiger partial charge in [0.1, 0.15) is 0 Å². The van der Waals surface area contributed by atoms with Crippen molar-refractivity contribution in [2.24, 2.45) is 0 Å². The first kappa shape index (κ1) is 22.2. The third-order valence-electron chi connectivity index (χ3n) is 5.53. The Morgan fingerprint density at radius 1 is 1.12 bits per heavy atom. The molecule has 1 aromatic carbocycles. The first-order valence-electron chi connectivity index (χ1n) is 10.9. The number of rotatable bonds is 8. The average molecular weight is 454 g/mol. The van der Waals surface area contributed by atoms with Gasteiger partial charge < -0.3 is 14.7 Å². The van der Waals surface area contributed by atoms with E-state index >= 15 is 0 Å². The summed E-state index contributed by atoms with van der Waals surface area (Å²) in [5.41, 5.74) is 2.00. The van der Waals surface area contributed by atoms with Crippen LogP contribution in [0.2, 0.25) is 0 Å². The van der Waals surface area contributed by atoms with E-state index in [9.17, 15) is 9.59 Å². The highest BCUT2D eigenvalue weighted by Gasteiger charge is 2.23. The Morgan fingerprint density at radius 2 is 1.94 bits per heavy atom. The van der Waals surface area contributed by atoms with Crippen LogP contribution in [0.1, 0.15) is 24.8 Å². The number of amides is 2. The van der Waals surface area contributed by atoms with Crippen molar-refractivity contribution in [2.75, 3.05) is 38.0 Å². The van der Waals surface area contributed by atoms with Gasteiger partial charge in [-0.1, -0.05) is 36.3 Å². The number of aromatic nitrogens is 2. The fourth-order valence-electron chi connectivity index (χ4n) is 3.73. The lowest BCUT2D eigenvalue weighted by atomic mass is 10.1. The molecule has 1 fully saturated rings. The number of para-hydroxylation sites is 1. The minimum Gasteiger partial charge on any atom is -0.340 e. The minimum atomic E-state index is -0.0244. The third kappa shape index (κ3) is 5.60. The zero-order valence-corrected chi connectivity index (χ0v) is 18.9. The van der Waals surface area contributed by atoms with Crippen LogP contribution < -0.4 is 5.32 Å². The minimum absolute atomic E-state index is 0.0244. The lowest BCUT2D eigenvalue weighted by Crippen LogP contribution is -2.50. The van der Waals surface area contributed by atoms with Gasteiger partial charge in [0, 0.05) is 44.7 Å². The van der Waals surface area contributed by atoms with Gasteiger partial charge in [-0.25, -0.2) is 0 Å². The molecule has 1 N–H and O–H groups in total. The number of hydrogen-bond acceptors (Lipinski definition) is 7. The highest BCUT2D eigenvalue weighted by Crippen LogP contribution is 2.21. The summed E-state index contributed by atoms with van der Waals surface area (Å²) in [5.74, 6) is 1.09. The van der Waals surface area contributed by atoms with E-state index in [4.69, 9.17) is 4.52 Å². The summed E-state index contributed by atoms with van der Waals surface area (Å²) in [6, 6.07) is 11.7. The Labute approximate surface area is 191 Å². The van der Waals surface area contributed by atoms with Crippen LogP contribution in [-0.4, -0.2) is 64.5 Å². The molecule has 2 amide bonds. The van der Waals surface area contributed by atoms with Gasteiger partial charge in [-0.2, -0.15) is 4.98 Å². The van der Waals surface area contributed by atoms with E-state index in [0.717, 1.165) is 22.5 Å². The van der Waals surface area contributed by atoms with E-state index in [1.807, 2.05) is 46.7 Å². The van der Waals surface area contributed by atoms with Crippen molar-refractivity contribution < 1.29 is 14.1 Å². The summed E-state index contributed by atoms with van der Waals surface area (Å²) in [7, 11) is 0. The van der Waals surface area contributed by atoms with E-state index in [1.165, 1.54) is 0 Å². The molecule has 0 saturated carbocycles. The maximum Gasteiger partial charge on any atom is 0.238 e. The number of thiophene rings is 1. The highest BCUT2D eigenvalue weighted by atomic mass is 32.1. The van der Waals surface area contributed by atoms with Crippen LogP contribution >= 0.6 is 11.3 Å². The summed E-state index contributed by atoms with van der Waals surface area (Å²) in [6.07, 6.45) is 1.63. The van der Waals surface area contributed by atoms with E-state index in [0.29, 0.717) is 57.3 Å². The van der Waals surface area contributed by atoms with Crippen LogP contribution in [0.15, 0.2) is 46.3 Å². The Kier molecular flexibility index (Phi) is 7.28. The molecule has 1 aliphatic rings. The Morgan fingerprint density at radius 3 is 2.69 bits per heavy atom. The smallest absolute Gasteiger partial charge is 0.238 e. The number of piperazine rings is 1. The van der Waals surface area contributed by atoms with Crippen LogP contribution in [-0.2, 0) is 22.4 Å². The molecule has 0 spiro atoms. The lowest BCUT2D eigenvalue weighted by Gasteiger charge is -2.34. The largest absolute Gasteiger partial charge is 0.340 e. The Balaban J connectivity index is 1.19. The highest BCUT2D eigenvalue weighted by molar-refractivity contribution is 7.13. The molecule has 32 heavy (non-hydrogen) atoms. The second kappa shape index (κ2) is 10.5. The number of nitrogens with one attached hydrogen (secondary N) is 1. The van der Waals surface area contributed by atoms with Crippen LogP contribution in [0.3, 0.4) is 0 Å². The van der Waals surface area contributed by atoms with E-state index in [2.05, 4.69) is 27.3 Å². The molecular formula is C23H27N5O3S. The number of anilines is 1. The predicted molar refractivity (Wildman–Crippen MR) is 123 cm³/mol. The van der Waals surface area contributed by atoms with Gasteiger partial charge in [-0.15, -0.1) is 11.3 Å². The van der Waals surface area contributed by atoms with Crippen molar-refractivity contribution in [3.63, 3.8) is 0 Å². The van der Waals surface area contributed by atoms with Gasteiger partial charge >= 0.3 is 0 Å². The zero-order valence-electron chi connectivity index (χ0n) is 18.1. The van der Waals surface area contributed by atoms with Gasteiger partial charge in [0.05, 0.1) is 11.4 Å². The van der Waals surface area contributed by atoms with Crippen molar-refractivity contribution in [1.82, 2.24) is 19.9 Å². The molecule has 0 bridgehead atoms. The van der Waals surface area contributed by atoms with E-state index < -0.39 is 0 Å². The molecule has 8 nitrogen and oxygen atoms in total. The third-order valence-corrected chi connectivity index (χ3v) is 6.39. The van der Waals surface area contributed by atoms with Crippen molar-refractivity contribution in [3.8, 4) is 10.7 Å². The second-order valence-electron chi connectivity index (χ2n) is 7.70. The first-order valence-corrected chi connectivity index (χ1v) is 11.7. The molecular weight excluding hydrogens is 426 g/mol. The molecule has 0 aliphatic carbocycles. The maximum absolute atomic E-state index is 12.6. The van der Waals surface area contributed by atoms with Crippen LogP contribution in [0, 0.1) is 0 Å². The Hall–Kier alpha value is -3.04. The summed E-state index contributed by atoms with van der Waals surface area (Å²) in [4.78, 5) is 34.3. The fraction of sp³-hybridized carbons (Fsp3) is 0.391. The Bertz CT molecular complexity index is 1040. The van der Waals surface area contributed by atoms with Gasteiger partial charge in [0.2, 0.25) is 23.5 Å². The lowest BCUT2D eigenvalue weighted by molar-refractivity contribution is -0.133. The van der Waals surface area contributed by atoms with Crippen molar-refractivity contribution in [2.45, 2.75) is 26.2 Å². The van der Waals surface area contributed by atoms with E-state index in [1.54, 1.807) is 11.3 Å². The molecule has 4 rings (SSSR count). The number of aryl methyl sites for hydroxylation is 2. The maximum atomic E-state index is 12.6. The number of carbonyl (C=O) groups is 2. The van der Waals surface area contributed by atoms with E-state index in [-0.39, 0.29) is 11.8 Å². The summed E-state index contributed by atoms with van der Waals surface area (Å²) in [5, 5.41) is 8.95. The molecule has 0 atom stereocenters. The number of nitrogens with zero attached hydrogens (tertiary/aromatic N) is 4. The molecule has 0 radical (unpaired) electrons. The van der Waals surface area contributed by atoms with Crippen LogP contribution in [0.25, 0.3) is 10.7 Å². The summed E-state index contributed by atoms with van der Waals surface area (Å²) >= 11 is 1.55. The SMILES string of the molecule is CCc1ccccc1NC(=O)CN1CCN(C(=O)CCc2nc(-c3cccs3)no2)CC1. The molecule has 1 aliphatic heterocycles. The van der Waals surface area contributed by atoms with Crippen LogP contribution in [0.5, 0.6) is 0 Å². The standard InChI is InChI=1S/C23H27N5O3S/c1-2-17-6-3-4-7-18(17)24-20(29)16-27-11-13-28(14-12-27)22(30)10-9-21-25-23(26-31-21)19-8-5-15-32-19/h3-8,15H,2,9-14,16H2,1H3,(H,24,29). The monoisotopic (exact) mass is 453 g/mol. The second-order valence-corrected chi connectivity index (χ2v) is 8.65. The molecule has 3 aromatic rings. The van der Waals surface area contributed by atoms with Crippen molar-refractivity contribution >= 4 is 28.8 Å². The molecule has 9 heteroatoms.